The highest BCUT2D eigenvalue weighted by molar-refractivity contribution is 6.39. The maximum absolute atomic E-state index is 12.9. The molecule has 0 spiro atoms. The number of anilines is 1. The van der Waals surface area contributed by atoms with Crippen LogP contribution in [0.15, 0.2) is 18.2 Å². The van der Waals surface area contributed by atoms with Gasteiger partial charge in [-0.2, -0.15) is 0 Å². The van der Waals surface area contributed by atoms with E-state index in [2.05, 4.69) is 5.32 Å². The van der Waals surface area contributed by atoms with Gasteiger partial charge in [0.2, 0.25) is 0 Å². The van der Waals surface area contributed by atoms with Crippen LogP contribution >= 0.6 is 0 Å². The number of nitrogens with zero attached hydrogens (tertiary/aromatic N) is 1. The molecule has 0 saturated carbocycles. The second-order valence-electron chi connectivity index (χ2n) is 3.99. The van der Waals surface area contributed by atoms with Gasteiger partial charge in [0.15, 0.2) is 11.6 Å². The molecule has 5 nitrogen and oxygen atoms in total. The third kappa shape index (κ3) is 3.25. The summed E-state index contributed by atoms with van der Waals surface area (Å²) in [6.45, 7) is 1.43. The van der Waals surface area contributed by atoms with Crippen LogP contribution in [0.5, 0.6) is 0 Å². The molecule has 2 rings (SSSR count). The molecule has 1 aliphatic heterocycles. The van der Waals surface area contributed by atoms with Crippen molar-refractivity contribution in [2.45, 2.75) is 0 Å². The highest BCUT2D eigenvalue weighted by atomic mass is 19.2. The number of morpholine rings is 1. The van der Waals surface area contributed by atoms with Crippen molar-refractivity contribution in [2.24, 2.45) is 0 Å². The van der Waals surface area contributed by atoms with E-state index in [0.29, 0.717) is 26.3 Å². The molecule has 2 amide bonds. The largest absolute Gasteiger partial charge is 0.378 e. The highest BCUT2D eigenvalue weighted by Gasteiger charge is 2.23. The van der Waals surface area contributed by atoms with Crippen molar-refractivity contribution in [1.29, 1.82) is 0 Å². The Labute approximate surface area is 108 Å². The van der Waals surface area contributed by atoms with Crippen LogP contribution in [0.25, 0.3) is 0 Å². The predicted molar refractivity (Wildman–Crippen MR) is 62.4 cm³/mol. The van der Waals surface area contributed by atoms with Crippen LogP contribution in [0, 0.1) is 11.6 Å². The smallest absolute Gasteiger partial charge is 0.313 e. The molecule has 1 aromatic carbocycles. The fourth-order valence-electron chi connectivity index (χ4n) is 1.67. The first-order valence-electron chi connectivity index (χ1n) is 5.71. The summed E-state index contributed by atoms with van der Waals surface area (Å²) in [6.07, 6.45) is 0. The average molecular weight is 270 g/mol. The van der Waals surface area contributed by atoms with Crippen molar-refractivity contribution >= 4 is 17.5 Å². The topological polar surface area (TPSA) is 58.6 Å². The monoisotopic (exact) mass is 270 g/mol. The first-order valence-corrected chi connectivity index (χ1v) is 5.71. The number of carbonyl (C=O) groups excluding carboxylic acids is 2. The fraction of sp³-hybridized carbons (Fsp3) is 0.333. The highest BCUT2D eigenvalue weighted by Crippen LogP contribution is 2.13. The second kappa shape index (κ2) is 5.75. The molecule has 1 fully saturated rings. The van der Waals surface area contributed by atoms with Gasteiger partial charge < -0.3 is 15.0 Å². The number of benzene rings is 1. The summed E-state index contributed by atoms with van der Waals surface area (Å²) in [6, 6.07) is 2.88. The molecule has 0 unspecified atom stereocenters. The van der Waals surface area contributed by atoms with Crippen LogP contribution in [0.4, 0.5) is 14.5 Å². The first-order chi connectivity index (χ1) is 9.08. The van der Waals surface area contributed by atoms with Crippen molar-refractivity contribution in [3.05, 3.63) is 29.8 Å². The molecular weight excluding hydrogens is 258 g/mol. The molecule has 0 atom stereocenters. The minimum absolute atomic E-state index is 0.0329. The fourth-order valence-corrected chi connectivity index (χ4v) is 1.67. The van der Waals surface area contributed by atoms with Gasteiger partial charge in [0.1, 0.15) is 0 Å². The van der Waals surface area contributed by atoms with E-state index >= 15 is 0 Å². The van der Waals surface area contributed by atoms with Crippen molar-refractivity contribution in [3.8, 4) is 0 Å². The van der Waals surface area contributed by atoms with E-state index in [1.54, 1.807) is 0 Å². The van der Waals surface area contributed by atoms with E-state index in [1.165, 1.54) is 11.0 Å². The summed E-state index contributed by atoms with van der Waals surface area (Å²) in [5.74, 6) is -3.70. The quantitative estimate of drug-likeness (QED) is 0.767. The minimum atomic E-state index is -1.09. The van der Waals surface area contributed by atoms with Gasteiger partial charge in [-0.25, -0.2) is 8.78 Å². The predicted octanol–water partition coefficient (Wildman–Crippen LogP) is 0.762. The zero-order valence-electron chi connectivity index (χ0n) is 9.99. The van der Waals surface area contributed by atoms with E-state index in [0.717, 1.165) is 12.1 Å². The van der Waals surface area contributed by atoms with Crippen LogP contribution in [0.1, 0.15) is 0 Å². The van der Waals surface area contributed by atoms with Crippen LogP contribution in [0.2, 0.25) is 0 Å². The molecule has 0 radical (unpaired) electrons. The number of carbonyl (C=O) groups is 2. The molecule has 1 aliphatic rings. The van der Waals surface area contributed by atoms with E-state index in [4.69, 9.17) is 4.74 Å². The number of hydrogen-bond donors (Lipinski definition) is 1. The summed E-state index contributed by atoms with van der Waals surface area (Å²) >= 11 is 0. The molecule has 1 aromatic rings. The summed E-state index contributed by atoms with van der Waals surface area (Å²) < 4.78 is 30.7. The van der Waals surface area contributed by atoms with E-state index in [9.17, 15) is 18.4 Å². The van der Waals surface area contributed by atoms with Crippen LogP contribution in [-0.2, 0) is 14.3 Å². The number of nitrogens with one attached hydrogen (secondary N) is 1. The Hall–Kier alpha value is -2.02. The SMILES string of the molecule is O=C(Nc1ccc(F)c(F)c1)C(=O)N1CCOCC1. The van der Waals surface area contributed by atoms with Gasteiger partial charge in [-0.3, -0.25) is 9.59 Å². The van der Waals surface area contributed by atoms with Crippen LogP contribution < -0.4 is 5.32 Å². The molecule has 19 heavy (non-hydrogen) atoms. The van der Waals surface area contributed by atoms with Gasteiger partial charge >= 0.3 is 11.8 Å². The molecule has 7 heteroatoms. The zero-order valence-corrected chi connectivity index (χ0v) is 9.99. The molecule has 1 N–H and O–H groups in total. The standard InChI is InChI=1S/C12H12F2N2O3/c13-9-2-1-8(7-10(9)14)15-11(17)12(18)16-3-5-19-6-4-16/h1-2,7H,3-6H2,(H,15,17). The Balaban J connectivity index is 1.99. The molecule has 0 aliphatic carbocycles. The number of ether oxygens (including phenoxy) is 1. The molecule has 102 valence electrons. The third-order valence-corrected chi connectivity index (χ3v) is 2.67. The molecular formula is C12H12F2N2O3. The van der Waals surface area contributed by atoms with Crippen molar-refractivity contribution in [2.75, 3.05) is 31.6 Å². The van der Waals surface area contributed by atoms with Gasteiger partial charge in [-0.05, 0) is 12.1 Å². The van der Waals surface area contributed by atoms with Crippen molar-refractivity contribution in [1.82, 2.24) is 4.90 Å². The lowest BCUT2D eigenvalue weighted by molar-refractivity contribution is -0.145. The normalized spacial score (nSPS) is 15.2. The maximum Gasteiger partial charge on any atom is 0.313 e. The average Bonchev–Trinajstić information content (AvgIpc) is 2.43. The molecule has 1 saturated heterocycles. The van der Waals surface area contributed by atoms with E-state index in [-0.39, 0.29) is 5.69 Å². The van der Waals surface area contributed by atoms with Gasteiger partial charge in [-0.15, -0.1) is 0 Å². The Morgan fingerprint density at radius 3 is 2.47 bits per heavy atom. The Bertz CT molecular complexity index is 502. The Morgan fingerprint density at radius 2 is 1.84 bits per heavy atom. The van der Waals surface area contributed by atoms with Crippen molar-refractivity contribution in [3.63, 3.8) is 0 Å². The number of amides is 2. The number of rotatable bonds is 1. The van der Waals surface area contributed by atoms with Gasteiger partial charge in [-0.1, -0.05) is 0 Å². The van der Waals surface area contributed by atoms with Crippen LogP contribution in [0.3, 0.4) is 0 Å². The molecule has 1 heterocycles. The lowest BCUT2D eigenvalue weighted by Crippen LogP contribution is -2.45. The minimum Gasteiger partial charge on any atom is -0.378 e. The van der Waals surface area contributed by atoms with E-state index < -0.39 is 23.4 Å². The lowest BCUT2D eigenvalue weighted by atomic mass is 10.3. The molecule has 0 aromatic heterocycles. The third-order valence-electron chi connectivity index (χ3n) is 2.67. The van der Waals surface area contributed by atoms with Crippen molar-refractivity contribution < 1.29 is 23.1 Å². The van der Waals surface area contributed by atoms with Crippen LogP contribution in [-0.4, -0.2) is 43.0 Å². The summed E-state index contributed by atoms with van der Waals surface area (Å²) in [4.78, 5) is 24.7. The maximum atomic E-state index is 12.9. The number of hydrogen-bond acceptors (Lipinski definition) is 3. The summed E-state index contributed by atoms with van der Waals surface area (Å²) in [5.41, 5.74) is 0.0329. The Morgan fingerprint density at radius 1 is 1.16 bits per heavy atom. The van der Waals surface area contributed by atoms with Gasteiger partial charge in [0, 0.05) is 24.8 Å². The number of halogens is 2. The first kappa shape index (κ1) is 13.4. The summed E-state index contributed by atoms with van der Waals surface area (Å²) in [7, 11) is 0. The van der Waals surface area contributed by atoms with E-state index in [1.807, 2.05) is 0 Å². The lowest BCUT2D eigenvalue weighted by Gasteiger charge is -2.26. The molecule has 0 bridgehead atoms. The van der Waals surface area contributed by atoms with Gasteiger partial charge in [0.25, 0.3) is 0 Å². The summed E-state index contributed by atoms with van der Waals surface area (Å²) in [5, 5.41) is 2.23. The second-order valence-corrected chi connectivity index (χ2v) is 3.99. The van der Waals surface area contributed by atoms with Gasteiger partial charge in [0.05, 0.1) is 13.2 Å². The Kier molecular flexibility index (Phi) is 4.06. The zero-order chi connectivity index (χ0) is 13.8.